The minimum Gasteiger partial charge on any atom is -0.497 e. The van der Waals surface area contributed by atoms with E-state index in [4.69, 9.17) is 9.94 Å². The Labute approximate surface area is 119 Å². The van der Waals surface area contributed by atoms with Crippen molar-refractivity contribution in [3.8, 4) is 5.75 Å². The van der Waals surface area contributed by atoms with Crippen LogP contribution in [0.2, 0.25) is 0 Å². The molecule has 0 aliphatic heterocycles. The second kappa shape index (κ2) is 6.33. The second-order valence-electron chi connectivity index (χ2n) is 3.92. The van der Waals surface area contributed by atoms with Gasteiger partial charge in [-0.1, -0.05) is 17.3 Å². The van der Waals surface area contributed by atoms with Crippen molar-refractivity contribution >= 4 is 21.6 Å². The Kier molecular flexibility index (Phi) is 4.52. The standard InChI is InChI=1S/C14H13BrN2O2/c1-19-13-4-2-3-10(7-13)14(17-18)8-12-6-5-11(15)9-16-12/h2-7,9,18H,8H2,1H3. The lowest BCUT2D eigenvalue weighted by Gasteiger charge is -2.06. The van der Waals surface area contributed by atoms with Gasteiger partial charge < -0.3 is 9.94 Å². The highest BCUT2D eigenvalue weighted by atomic mass is 79.9. The monoisotopic (exact) mass is 320 g/mol. The van der Waals surface area contributed by atoms with Crippen molar-refractivity contribution in [2.75, 3.05) is 7.11 Å². The summed E-state index contributed by atoms with van der Waals surface area (Å²) >= 11 is 3.33. The fraction of sp³-hybridized carbons (Fsp3) is 0.143. The molecule has 0 unspecified atom stereocenters. The lowest BCUT2D eigenvalue weighted by Crippen LogP contribution is -2.07. The van der Waals surface area contributed by atoms with Crippen molar-refractivity contribution < 1.29 is 9.94 Å². The summed E-state index contributed by atoms with van der Waals surface area (Å²) in [5.41, 5.74) is 2.19. The average Bonchev–Trinajstić information content (AvgIpc) is 2.46. The number of nitrogens with zero attached hydrogens (tertiary/aromatic N) is 2. The molecule has 5 heteroatoms. The molecule has 0 saturated heterocycles. The van der Waals surface area contributed by atoms with E-state index in [0.717, 1.165) is 21.5 Å². The summed E-state index contributed by atoms with van der Waals surface area (Å²) in [4.78, 5) is 4.26. The van der Waals surface area contributed by atoms with Crippen molar-refractivity contribution in [2.24, 2.45) is 5.16 Å². The first-order chi connectivity index (χ1) is 9.22. The Hall–Kier alpha value is -1.88. The number of oxime groups is 1. The number of halogens is 1. The summed E-state index contributed by atoms with van der Waals surface area (Å²) in [6.07, 6.45) is 2.17. The van der Waals surface area contributed by atoms with Gasteiger partial charge in [-0.05, 0) is 40.2 Å². The summed E-state index contributed by atoms with van der Waals surface area (Å²) in [6.45, 7) is 0. The molecule has 2 rings (SSSR count). The molecule has 1 heterocycles. The predicted molar refractivity (Wildman–Crippen MR) is 77.0 cm³/mol. The van der Waals surface area contributed by atoms with Crippen LogP contribution in [0.25, 0.3) is 0 Å². The largest absolute Gasteiger partial charge is 0.497 e. The molecule has 0 aliphatic rings. The fourth-order valence-electron chi connectivity index (χ4n) is 1.68. The van der Waals surface area contributed by atoms with Gasteiger partial charge in [-0.3, -0.25) is 4.98 Å². The molecule has 0 saturated carbocycles. The van der Waals surface area contributed by atoms with Crippen LogP contribution in [0.1, 0.15) is 11.3 Å². The second-order valence-corrected chi connectivity index (χ2v) is 4.84. The smallest absolute Gasteiger partial charge is 0.119 e. The van der Waals surface area contributed by atoms with Gasteiger partial charge in [0.25, 0.3) is 0 Å². The van der Waals surface area contributed by atoms with Crippen molar-refractivity contribution in [3.05, 3.63) is 58.3 Å². The van der Waals surface area contributed by atoms with Crippen LogP contribution in [0.15, 0.2) is 52.2 Å². The van der Waals surface area contributed by atoms with E-state index in [1.165, 1.54) is 0 Å². The van der Waals surface area contributed by atoms with Crippen LogP contribution in [-0.2, 0) is 6.42 Å². The average molecular weight is 321 g/mol. The Balaban J connectivity index is 2.23. The van der Waals surface area contributed by atoms with Gasteiger partial charge in [-0.15, -0.1) is 0 Å². The topological polar surface area (TPSA) is 54.7 Å². The molecule has 0 amide bonds. The maximum atomic E-state index is 9.17. The van der Waals surface area contributed by atoms with Gasteiger partial charge >= 0.3 is 0 Å². The normalized spacial score (nSPS) is 11.4. The molecular weight excluding hydrogens is 308 g/mol. The van der Waals surface area contributed by atoms with Gasteiger partial charge in [0.15, 0.2) is 0 Å². The van der Waals surface area contributed by atoms with Crippen LogP contribution in [0.5, 0.6) is 5.75 Å². The molecule has 1 aromatic carbocycles. The molecule has 19 heavy (non-hydrogen) atoms. The van der Waals surface area contributed by atoms with Crippen molar-refractivity contribution in [1.29, 1.82) is 0 Å². The van der Waals surface area contributed by atoms with Gasteiger partial charge in [0.05, 0.1) is 12.8 Å². The zero-order chi connectivity index (χ0) is 13.7. The number of benzene rings is 1. The van der Waals surface area contributed by atoms with E-state index >= 15 is 0 Å². The number of rotatable bonds is 4. The molecule has 1 aromatic heterocycles. The maximum absolute atomic E-state index is 9.17. The maximum Gasteiger partial charge on any atom is 0.119 e. The van der Waals surface area contributed by atoms with Crippen molar-refractivity contribution in [2.45, 2.75) is 6.42 Å². The molecule has 0 fully saturated rings. The summed E-state index contributed by atoms with van der Waals surface area (Å²) in [5, 5.41) is 12.5. The van der Waals surface area contributed by atoms with Gasteiger partial charge in [0.1, 0.15) is 5.75 Å². The van der Waals surface area contributed by atoms with Crippen LogP contribution < -0.4 is 4.74 Å². The lowest BCUT2D eigenvalue weighted by molar-refractivity contribution is 0.318. The van der Waals surface area contributed by atoms with Crippen LogP contribution in [-0.4, -0.2) is 23.0 Å². The van der Waals surface area contributed by atoms with Crippen LogP contribution in [0.4, 0.5) is 0 Å². The summed E-state index contributed by atoms with van der Waals surface area (Å²) in [5.74, 6) is 0.724. The Morgan fingerprint density at radius 2 is 2.21 bits per heavy atom. The number of pyridine rings is 1. The Morgan fingerprint density at radius 1 is 1.37 bits per heavy atom. The van der Waals surface area contributed by atoms with E-state index in [1.807, 2.05) is 36.4 Å². The first-order valence-corrected chi connectivity index (χ1v) is 6.48. The molecule has 98 valence electrons. The van der Waals surface area contributed by atoms with Crippen molar-refractivity contribution in [1.82, 2.24) is 4.98 Å². The van der Waals surface area contributed by atoms with Crippen LogP contribution in [0, 0.1) is 0 Å². The van der Waals surface area contributed by atoms with E-state index in [1.54, 1.807) is 13.3 Å². The molecule has 1 N–H and O–H groups in total. The zero-order valence-corrected chi connectivity index (χ0v) is 12.0. The van der Waals surface area contributed by atoms with E-state index in [0.29, 0.717) is 12.1 Å². The van der Waals surface area contributed by atoms with Crippen LogP contribution in [0.3, 0.4) is 0 Å². The lowest BCUT2D eigenvalue weighted by atomic mass is 10.1. The first-order valence-electron chi connectivity index (χ1n) is 5.68. The minimum atomic E-state index is 0.455. The van der Waals surface area contributed by atoms with Gasteiger partial charge in [-0.25, -0.2) is 0 Å². The number of aromatic nitrogens is 1. The molecule has 0 aliphatic carbocycles. The third kappa shape index (κ3) is 3.54. The highest BCUT2D eigenvalue weighted by Crippen LogP contribution is 2.15. The Bertz CT molecular complexity index is 582. The zero-order valence-electron chi connectivity index (χ0n) is 10.4. The number of hydrogen-bond donors (Lipinski definition) is 1. The summed E-state index contributed by atoms with van der Waals surface area (Å²) in [7, 11) is 1.60. The summed E-state index contributed by atoms with van der Waals surface area (Å²) < 4.78 is 6.07. The third-order valence-electron chi connectivity index (χ3n) is 2.66. The molecule has 2 aromatic rings. The van der Waals surface area contributed by atoms with Crippen LogP contribution >= 0.6 is 15.9 Å². The van der Waals surface area contributed by atoms with E-state index in [9.17, 15) is 0 Å². The van der Waals surface area contributed by atoms with Gasteiger partial charge in [0.2, 0.25) is 0 Å². The van der Waals surface area contributed by atoms with E-state index in [-0.39, 0.29) is 0 Å². The molecule has 0 bridgehead atoms. The number of methoxy groups -OCH3 is 1. The van der Waals surface area contributed by atoms with E-state index < -0.39 is 0 Å². The fourth-order valence-corrected chi connectivity index (χ4v) is 1.91. The first kappa shape index (κ1) is 13.5. The summed E-state index contributed by atoms with van der Waals surface area (Å²) in [6, 6.07) is 11.2. The quantitative estimate of drug-likeness (QED) is 0.534. The SMILES string of the molecule is COc1cccc(C(Cc2ccc(Br)cn2)=NO)c1. The molecule has 4 nitrogen and oxygen atoms in total. The van der Waals surface area contributed by atoms with Crippen molar-refractivity contribution in [3.63, 3.8) is 0 Å². The van der Waals surface area contributed by atoms with Gasteiger partial charge in [-0.2, -0.15) is 0 Å². The molecule has 0 atom stereocenters. The van der Waals surface area contributed by atoms with E-state index in [2.05, 4.69) is 26.1 Å². The number of hydrogen-bond acceptors (Lipinski definition) is 4. The molecular formula is C14H13BrN2O2. The third-order valence-corrected chi connectivity index (χ3v) is 3.13. The minimum absolute atomic E-state index is 0.455. The highest BCUT2D eigenvalue weighted by molar-refractivity contribution is 9.10. The predicted octanol–water partition coefficient (Wildman–Crippen LogP) is 3.27. The number of ether oxygens (including phenoxy) is 1. The highest BCUT2D eigenvalue weighted by Gasteiger charge is 2.08. The molecule has 0 spiro atoms. The molecule has 0 radical (unpaired) electrons. The van der Waals surface area contributed by atoms with Gasteiger partial charge in [0, 0.05) is 28.3 Å². The Morgan fingerprint density at radius 3 is 2.84 bits per heavy atom.